The lowest BCUT2D eigenvalue weighted by Crippen LogP contribution is -2.06. The molecule has 0 aliphatic carbocycles. The first-order chi connectivity index (χ1) is 5.63. The Morgan fingerprint density at radius 3 is 2.08 bits per heavy atom. The molecule has 1 heteroatoms. The third-order valence-electron chi connectivity index (χ3n) is 0.890. The SMILES string of the molecule is C=C(C)/C=C\NCC(=C)C.CC. The summed E-state index contributed by atoms with van der Waals surface area (Å²) in [6, 6.07) is 0. The van der Waals surface area contributed by atoms with Crippen LogP contribution in [0.1, 0.15) is 27.7 Å². The Labute approximate surface area is 76.9 Å². The molecule has 0 aromatic heterocycles. The van der Waals surface area contributed by atoms with Crippen molar-refractivity contribution in [2.24, 2.45) is 0 Å². The fourth-order valence-corrected chi connectivity index (χ4v) is 0.434. The van der Waals surface area contributed by atoms with E-state index in [1.165, 1.54) is 0 Å². The summed E-state index contributed by atoms with van der Waals surface area (Å²) in [5, 5.41) is 3.08. The number of rotatable bonds is 4. The second-order valence-corrected chi connectivity index (χ2v) is 2.52. The van der Waals surface area contributed by atoms with Crippen LogP contribution in [0.3, 0.4) is 0 Å². The lowest BCUT2D eigenvalue weighted by Gasteiger charge is -1.97. The Hall–Kier alpha value is -0.980. The zero-order valence-electron chi connectivity index (χ0n) is 8.78. The Bertz CT molecular complexity index is 154. The van der Waals surface area contributed by atoms with Gasteiger partial charge < -0.3 is 5.32 Å². The molecule has 0 heterocycles. The van der Waals surface area contributed by atoms with E-state index in [1.807, 2.05) is 40.0 Å². The van der Waals surface area contributed by atoms with Gasteiger partial charge in [0.2, 0.25) is 0 Å². The second kappa shape index (κ2) is 10.0. The quantitative estimate of drug-likeness (QED) is 0.500. The van der Waals surface area contributed by atoms with Gasteiger partial charge in [0, 0.05) is 6.54 Å². The van der Waals surface area contributed by atoms with Gasteiger partial charge in [-0.15, -0.1) is 0 Å². The van der Waals surface area contributed by atoms with Crippen LogP contribution in [0.15, 0.2) is 36.6 Å². The maximum Gasteiger partial charge on any atom is 0.0349 e. The van der Waals surface area contributed by atoms with Gasteiger partial charge in [-0.2, -0.15) is 0 Å². The summed E-state index contributed by atoms with van der Waals surface area (Å²) in [6.45, 7) is 16.3. The molecule has 1 nitrogen and oxygen atoms in total. The predicted octanol–water partition coefficient (Wildman–Crippen LogP) is 3.27. The van der Waals surface area contributed by atoms with Crippen molar-refractivity contribution in [3.8, 4) is 0 Å². The van der Waals surface area contributed by atoms with Crippen molar-refractivity contribution < 1.29 is 0 Å². The Morgan fingerprint density at radius 2 is 1.75 bits per heavy atom. The van der Waals surface area contributed by atoms with Gasteiger partial charge in [-0.3, -0.25) is 0 Å². The number of hydrogen-bond acceptors (Lipinski definition) is 1. The van der Waals surface area contributed by atoms with Crippen LogP contribution in [-0.2, 0) is 0 Å². The van der Waals surface area contributed by atoms with Crippen LogP contribution in [0.25, 0.3) is 0 Å². The maximum atomic E-state index is 3.75. The van der Waals surface area contributed by atoms with Crippen molar-refractivity contribution in [1.29, 1.82) is 0 Å². The molecule has 0 aliphatic heterocycles. The van der Waals surface area contributed by atoms with E-state index in [0.29, 0.717) is 0 Å². The molecule has 1 N–H and O–H groups in total. The molecule has 0 saturated heterocycles. The molecular formula is C11H21N. The first-order valence-electron chi connectivity index (χ1n) is 4.32. The molecule has 0 atom stereocenters. The fourth-order valence-electron chi connectivity index (χ4n) is 0.434. The first kappa shape index (κ1) is 13.6. The van der Waals surface area contributed by atoms with Crippen molar-refractivity contribution in [3.05, 3.63) is 36.6 Å². The summed E-state index contributed by atoms with van der Waals surface area (Å²) in [7, 11) is 0. The summed E-state index contributed by atoms with van der Waals surface area (Å²) in [6.07, 6.45) is 3.82. The minimum atomic E-state index is 0.837. The van der Waals surface area contributed by atoms with E-state index in [9.17, 15) is 0 Å². The highest BCUT2D eigenvalue weighted by Crippen LogP contribution is 1.87. The van der Waals surface area contributed by atoms with Crippen molar-refractivity contribution in [1.82, 2.24) is 5.32 Å². The van der Waals surface area contributed by atoms with E-state index in [1.54, 1.807) is 0 Å². The van der Waals surface area contributed by atoms with Gasteiger partial charge >= 0.3 is 0 Å². The van der Waals surface area contributed by atoms with Crippen LogP contribution in [0.5, 0.6) is 0 Å². The average molecular weight is 167 g/mol. The minimum absolute atomic E-state index is 0.837. The van der Waals surface area contributed by atoms with Gasteiger partial charge in [-0.25, -0.2) is 0 Å². The highest BCUT2D eigenvalue weighted by Gasteiger charge is 1.78. The van der Waals surface area contributed by atoms with Crippen LogP contribution in [0.2, 0.25) is 0 Å². The molecular weight excluding hydrogens is 146 g/mol. The number of nitrogens with one attached hydrogen (secondary N) is 1. The Morgan fingerprint density at radius 1 is 1.25 bits per heavy atom. The van der Waals surface area contributed by atoms with E-state index in [2.05, 4.69) is 18.5 Å². The lowest BCUT2D eigenvalue weighted by molar-refractivity contribution is 0.938. The molecule has 0 aromatic carbocycles. The third kappa shape index (κ3) is 16.0. The molecule has 0 aromatic rings. The first-order valence-corrected chi connectivity index (χ1v) is 4.32. The average Bonchev–Trinajstić information content (AvgIpc) is 2.02. The van der Waals surface area contributed by atoms with Gasteiger partial charge in [0.15, 0.2) is 0 Å². The third-order valence-corrected chi connectivity index (χ3v) is 0.890. The minimum Gasteiger partial charge on any atom is -0.387 e. The van der Waals surface area contributed by atoms with Gasteiger partial charge in [-0.1, -0.05) is 38.2 Å². The van der Waals surface area contributed by atoms with E-state index >= 15 is 0 Å². The second-order valence-electron chi connectivity index (χ2n) is 2.52. The predicted molar refractivity (Wildman–Crippen MR) is 58.1 cm³/mol. The lowest BCUT2D eigenvalue weighted by atomic mass is 10.3. The van der Waals surface area contributed by atoms with E-state index in [-0.39, 0.29) is 0 Å². The largest absolute Gasteiger partial charge is 0.387 e. The molecule has 0 saturated carbocycles. The van der Waals surface area contributed by atoms with Gasteiger partial charge in [-0.05, 0) is 26.1 Å². The molecule has 0 unspecified atom stereocenters. The molecule has 0 bridgehead atoms. The summed E-state index contributed by atoms with van der Waals surface area (Å²) in [5.74, 6) is 0. The van der Waals surface area contributed by atoms with Crippen molar-refractivity contribution >= 4 is 0 Å². The topological polar surface area (TPSA) is 12.0 Å². The maximum absolute atomic E-state index is 3.75. The number of allylic oxidation sites excluding steroid dienone is 2. The van der Waals surface area contributed by atoms with Gasteiger partial charge in [0.25, 0.3) is 0 Å². The summed E-state index contributed by atoms with van der Waals surface area (Å²) < 4.78 is 0. The van der Waals surface area contributed by atoms with E-state index in [0.717, 1.165) is 17.7 Å². The van der Waals surface area contributed by atoms with Gasteiger partial charge in [0.1, 0.15) is 0 Å². The van der Waals surface area contributed by atoms with Crippen molar-refractivity contribution in [2.45, 2.75) is 27.7 Å². The van der Waals surface area contributed by atoms with Crippen molar-refractivity contribution in [2.75, 3.05) is 6.54 Å². The highest BCUT2D eigenvalue weighted by molar-refractivity contribution is 5.10. The van der Waals surface area contributed by atoms with E-state index in [4.69, 9.17) is 0 Å². The molecule has 70 valence electrons. The standard InChI is InChI=1S/C9H15N.C2H6/c1-8(2)5-6-10-7-9(3)4;1-2/h5-6,10H,1,3,7H2,2,4H3;1-2H3/b6-5-;. The van der Waals surface area contributed by atoms with Crippen LogP contribution >= 0.6 is 0 Å². The number of hydrogen-bond donors (Lipinski definition) is 1. The Balaban J connectivity index is 0. The zero-order valence-corrected chi connectivity index (χ0v) is 8.78. The van der Waals surface area contributed by atoms with Crippen molar-refractivity contribution in [3.63, 3.8) is 0 Å². The molecule has 0 aliphatic rings. The molecule has 0 spiro atoms. The summed E-state index contributed by atoms with van der Waals surface area (Å²) in [4.78, 5) is 0. The van der Waals surface area contributed by atoms with E-state index < -0.39 is 0 Å². The molecule has 0 rings (SSSR count). The molecule has 12 heavy (non-hydrogen) atoms. The molecule has 0 fully saturated rings. The monoisotopic (exact) mass is 167 g/mol. The normalized spacial score (nSPS) is 8.67. The van der Waals surface area contributed by atoms with Crippen LogP contribution in [-0.4, -0.2) is 6.54 Å². The van der Waals surface area contributed by atoms with Crippen LogP contribution < -0.4 is 5.32 Å². The molecule has 0 radical (unpaired) electrons. The molecule has 0 amide bonds. The zero-order chi connectivity index (χ0) is 9.98. The summed E-state index contributed by atoms with van der Waals surface area (Å²) in [5.41, 5.74) is 2.18. The highest BCUT2D eigenvalue weighted by atomic mass is 14.8. The van der Waals surface area contributed by atoms with Crippen LogP contribution in [0, 0.1) is 0 Å². The Kier molecular flexibility index (Phi) is 11.4. The van der Waals surface area contributed by atoms with Gasteiger partial charge in [0.05, 0.1) is 0 Å². The fraction of sp³-hybridized carbons (Fsp3) is 0.455. The smallest absolute Gasteiger partial charge is 0.0349 e. The summed E-state index contributed by atoms with van der Waals surface area (Å²) >= 11 is 0. The van der Waals surface area contributed by atoms with Crippen LogP contribution in [0.4, 0.5) is 0 Å².